The third-order valence-electron chi connectivity index (χ3n) is 3.04. The second-order valence-electron chi connectivity index (χ2n) is 4.72. The van der Waals surface area contributed by atoms with E-state index in [0.29, 0.717) is 17.8 Å². The van der Waals surface area contributed by atoms with Gasteiger partial charge in [0.05, 0.1) is 13.0 Å². The summed E-state index contributed by atoms with van der Waals surface area (Å²) in [6.07, 6.45) is 1.65. The molecule has 0 saturated carbocycles. The highest BCUT2D eigenvalue weighted by molar-refractivity contribution is 5.91. The average molecular weight is 294 g/mol. The molecule has 0 aromatic heterocycles. The molecule has 1 aromatic rings. The number of aliphatic hydroxyl groups excluding tert-OH is 1. The number of benzene rings is 1. The van der Waals surface area contributed by atoms with Gasteiger partial charge in [-0.2, -0.15) is 0 Å². The lowest BCUT2D eigenvalue weighted by Gasteiger charge is -2.22. The quantitative estimate of drug-likeness (QED) is 0.683. The first-order valence-corrected chi connectivity index (χ1v) is 7.05. The molecule has 3 N–H and O–H groups in total. The van der Waals surface area contributed by atoms with Gasteiger partial charge in [-0.15, -0.1) is 0 Å². The Morgan fingerprint density at radius 1 is 1.24 bits per heavy atom. The molecular weight excluding hydrogens is 272 g/mol. The van der Waals surface area contributed by atoms with Crippen molar-refractivity contribution in [3.8, 4) is 0 Å². The molecule has 0 radical (unpaired) electrons. The number of para-hydroxylation sites is 1. The zero-order chi connectivity index (χ0) is 15.7. The van der Waals surface area contributed by atoms with Gasteiger partial charge in [0, 0.05) is 18.8 Å². The fourth-order valence-corrected chi connectivity index (χ4v) is 1.94. The van der Waals surface area contributed by atoms with Crippen LogP contribution in [0, 0.1) is 0 Å². The highest BCUT2D eigenvalue weighted by atomic mass is 16.4. The summed E-state index contributed by atoms with van der Waals surface area (Å²) in [7, 11) is 0. The number of nitrogens with zero attached hydrogens (tertiary/aromatic N) is 1. The molecule has 21 heavy (non-hydrogen) atoms. The molecule has 1 aromatic carbocycles. The topological polar surface area (TPSA) is 89.9 Å². The number of amides is 2. The third-order valence-corrected chi connectivity index (χ3v) is 3.04. The van der Waals surface area contributed by atoms with Gasteiger partial charge in [0.1, 0.15) is 0 Å². The lowest BCUT2D eigenvalue weighted by molar-refractivity contribution is -0.136. The van der Waals surface area contributed by atoms with E-state index in [4.69, 9.17) is 10.2 Å². The van der Waals surface area contributed by atoms with Crippen LogP contribution in [0.4, 0.5) is 10.5 Å². The molecule has 0 fully saturated rings. The maximum absolute atomic E-state index is 12.2. The number of hydrogen-bond donors (Lipinski definition) is 3. The normalized spacial score (nSPS) is 10.2. The summed E-state index contributed by atoms with van der Waals surface area (Å²) >= 11 is 0. The van der Waals surface area contributed by atoms with Crippen LogP contribution < -0.4 is 5.32 Å². The first-order valence-electron chi connectivity index (χ1n) is 7.05. The second-order valence-corrected chi connectivity index (χ2v) is 4.72. The number of urea groups is 1. The Kier molecular flexibility index (Phi) is 7.25. The van der Waals surface area contributed by atoms with Gasteiger partial charge >= 0.3 is 12.0 Å². The molecule has 0 spiro atoms. The minimum atomic E-state index is -0.949. The van der Waals surface area contributed by atoms with Crippen molar-refractivity contribution in [3.63, 3.8) is 0 Å². The molecule has 1 rings (SSSR count). The summed E-state index contributed by atoms with van der Waals surface area (Å²) in [5.74, 6) is -0.949. The van der Waals surface area contributed by atoms with Crippen molar-refractivity contribution in [1.29, 1.82) is 0 Å². The molecule has 0 atom stereocenters. The van der Waals surface area contributed by atoms with Crippen LogP contribution in [-0.2, 0) is 11.2 Å². The Morgan fingerprint density at radius 3 is 2.57 bits per heavy atom. The van der Waals surface area contributed by atoms with Crippen LogP contribution in [0.1, 0.15) is 25.3 Å². The molecule has 6 nitrogen and oxygen atoms in total. The fourth-order valence-electron chi connectivity index (χ4n) is 1.94. The van der Waals surface area contributed by atoms with Crippen LogP contribution in [-0.4, -0.2) is 46.8 Å². The van der Waals surface area contributed by atoms with Crippen molar-refractivity contribution in [1.82, 2.24) is 4.90 Å². The van der Waals surface area contributed by atoms with Crippen molar-refractivity contribution >= 4 is 17.7 Å². The number of hydrogen-bond acceptors (Lipinski definition) is 3. The second kappa shape index (κ2) is 8.97. The van der Waals surface area contributed by atoms with E-state index in [-0.39, 0.29) is 25.6 Å². The van der Waals surface area contributed by atoms with E-state index in [1.54, 1.807) is 24.3 Å². The minimum Gasteiger partial charge on any atom is -0.481 e. The Bertz CT molecular complexity index is 476. The molecule has 0 saturated heterocycles. The first kappa shape index (κ1) is 17.0. The number of carbonyl (C=O) groups excluding carboxylic acids is 1. The standard InChI is InChI=1S/C15H22N2O4/c1-2-3-8-17(9-10-18)15(21)16-13-7-5-4-6-12(13)11-14(19)20/h4-7,18H,2-3,8-11H2,1H3,(H,16,21)(H,19,20). The monoisotopic (exact) mass is 294 g/mol. The Balaban J connectivity index is 2.77. The van der Waals surface area contributed by atoms with Crippen molar-refractivity contribution in [2.24, 2.45) is 0 Å². The summed E-state index contributed by atoms with van der Waals surface area (Å²) in [6, 6.07) is 6.49. The van der Waals surface area contributed by atoms with Gasteiger partial charge in [-0.1, -0.05) is 31.5 Å². The van der Waals surface area contributed by atoms with Gasteiger partial charge in [0.2, 0.25) is 0 Å². The zero-order valence-corrected chi connectivity index (χ0v) is 12.2. The summed E-state index contributed by atoms with van der Waals surface area (Å²) in [5, 5.41) is 20.6. The number of aliphatic hydroxyl groups is 1. The van der Waals surface area contributed by atoms with Gasteiger partial charge in [-0.05, 0) is 18.1 Å². The number of unbranched alkanes of at least 4 members (excludes halogenated alkanes) is 1. The molecule has 0 heterocycles. The van der Waals surface area contributed by atoms with Gasteiger partial charge in [0.25, 0.3) is 0 Å². The number of anilines is 1. The number of carboxylic acids is 1. The first-order chi connectivity index (χ1) is 10.1. The summed E-state index contributed by atoms with van der Waals surface area (Å²) in [5.41, 5.74) is 1.04. The van der Waals surface area contributed by atoms with Crippen LogP contribution in [0.15, 0.2) is 24.3 Å². The molecule has 0 bridgehead atoms. The number of aliphatic carboxylic acids is 1. The number of carbonyl (C=O) groups is 2. The van der Waals surface area contributed by atoms with E-state index in [1.165, 1.54) is 4.90 Å². The Hall–Kier alpha value is -2.08. The Morgan fingerprint density at radius 2 is 1.95 bits per heavy atom. The predicted octanol–water partition coefficient (Wildman–Crippen LogP) is 1.94. The smallest absolute Gasteiger partial charge is 0.321 e. The summed E-state index contributed by atoms with van der Waals surface area (Å²) in [4.78, 5) is 24.6. The van der Waals surface area contributed by atoms with Crippen LogP contribution >= 0.6 is 0 Å². The van der Waals surface area contributed by atoms with E-state index in [9.17, 15) is 9.59 Å². The van der Waals surface area contributed by atoms with E-state index < -0.39 is 5.97 Å². The van der Waals surface area contributed by atoms with Crippen LogP contribution in [0.2, 0.25) is 0 Å². The number of rotatable bonds is 8. The van der Waals surface area contributed by atoms with Crippen molar-refractivity contribution in [3.05, 3.63) is 29.8 Å². The van der Waals surface area contributed by atoms with Gasteiger partial charge in [0.15, 0.2) is 0 Å². The van der Waals surface area contributed by atoms with E-state index in [0.717, 1.165) is 12.8 Å². The third kappa shape index (κ3) is 5.83. The summed E-state index contributed by atoms with van der Waals surface area (Å²) in [6.45, 7) is 2.74. The molecule has 0 aliphatic heterocycles. The Labute approximate surface area is 124 Å². The fraction of sp³-hybridized carbons (Fsp3) is 0.467. The maximum atomic E-state index is 12.2. The van der Waals surface area contributed by atoms with E-state index >= 15 is 0 Å². The van der Waals surface area contributed by atoms with E-state index in [1.807, 2.05) is 6.92 Å². The zero-order valence-electron chi connectivity index (χ0n) is 12.2. The number of nitrogens with one attached hydrogen (secondary N) is 1. The molecule has 2 amide bonds. The van der Waals surface area contributed by atoms with Crippen molar-refractivity contribution < 1.29 is 19.8 Å². The van der Waals surface area contributed by atoms with Gasteiger partial charge in [-0.25, -0.2) is 4.79 Å². The molecule has 0 aliphatic rings. The molecule has 116 valence electrons. The maximum Gasteiger partial charge on any atom is 0.321 e. The van der Waals surface area contributed by atoms with Crippen LogP contribution in [0.25, 0.3) is 0 Å². The largest absolute Gasteiger partial charge is 0.481 e. The van der Waals surface area contributed by atoms with Crippen molar-refractivity contribution in [2.45, 2.75) is 26.2 Å². The van der Waals surface area contributed by atoms with Crippen LogP contribution in [0.3, 0.4) is 0 Å². The molecule has 0 aliphatic carbocycles. The number of carboxylic acid groups (broad SMARTS) is 1. The van der Waals surface area contributed by atoms with Gasteiger partial charge < -0.3 is 20.4 Å². The highest BCUT2D eigenvalue weighted by Crippen LogP contribution is 2.16. The molecule has 6 heteroatoms. The van der Waals surface area contributed by atoms with Crippen LogP contribution in [0.5, 0.6) is 0 Å². The lowest BCUT2D eigenvalue weighted by Crippen LogP contribution is -2.38. The van der Waals surface area contributed by atoms with Gasteiger partial charge in [-0.3, -0.25) is 4.79 Å². The van der Waals surface area contributed by atoms with E-state index in [2.05, 4.69) is 5.32 Å². The molecular formula is C15H22N2O4. The SMILES string of the molecule is CCCCN(CCO)C(=O)Nc1ccccc1CC(=O)O. The average Bonchev–Trinajstić information content (AvgIpc) is 2.45. The lowest BCUT2D eigenvalue weighted by atomic mass is 10.1. The highest BCUT2D eigenvalue weighted by Gasteiger charge is 2.14. The van der Waals surface area contributed by atoms with Crippen molar-refractivity contribution in [2.75, 3.05) is 25.0 Å². The predicted molar refractivity (Wildman–Crippen MR) is 80.4 cm³/mol. The summed E-state index contributed by atoms with van der Waals surface area (Å²) < 4.78 is 0. The molecule has 0 unspecified atom stereocenters. The minimum absolute atomic E-state index is 0.103.